The maximum Gasteiger partial charge on any atom is 0.170 e. The lowest BCUT2D eigenvalue weighted by Crippen LogP contribution is -2.27. The van der Waals surface area contributed by atoms with Crippen molar-refractivity contribution in [2.45, 2.75) is 19.8 Å². The fourth-order valence-corrected chi connectivity index (χ4v) is 2.06. The van der Waals surface area contributed by atoms with Gasteiger partial charge in [0.2, 0.25) is 0 Å². The van der Waals surface area contributed by atoms with Gasteiger partial charge in [0.15, 0.2) is 5.84 Å². The third kappa shape index (κ3) is 2.94. The molecule has 2 rings (SSSR count). The third-order valence-electron chi connectivity index (χ3n) is 3.29. The van der Waals surface area contributed by atoms with Crippen LogP contribution in [0.15, 0.2) is 17.3 Å². The molecule has 0 spiro atoms. The molecule has 1 aliphatic carbocycles. The highest BCUT2D eigenvalue weighted by Gasteiger charge is 2.26. The standard InChI is InChI=1S/C13H17F2N3O/c1-2-18(7-8-3-4-8)12-10(14)5-9(6-11(12)15)13(16)17-19/h5-6,8,19H,2-4,7H2,1H3,(H2,16,17). The summed E-state index contributed by atoms with van der Waals surface area (Å²) in [6, 6.07) is 2.17. The number of nitrogens with two attached hydrogens (primary N) is 1. The van der Waals surface area contributed by atoms with Crippen LogP contribution < -0.4 is 10.6 Å². The van der Waals surface area contributed by atoms with Crippen LogP contribution in [0, 0.1) is 17.6 Å². The molecule has 0 saturated heterocycles. The van der Waals surface area contributed by atoms with Crippen molar-refractivity contribution < 1.29 is 14.0 Å². The summed E-state index contributed by atoms with van der Waals surface area (Å²) in [5.41, 5.74) is 5.33. The molecule has 1 aromatic carbocycles. The van der Waals surface area contributed by atoms with Crippen LogP contribution in [0.2, 0.25) is 0 Å². The monoisotopic (exact) mass is 269 g/mol. The Morgan fingerprint density at radius 1 is 1.42 bits per heavy atom. The highest BCUT2D eigenvalue weighted by Crippen LogP contribution is 2.33. The minimum atomic E-state index is -0.691. The Bertz CT molecular complexity index is 478. The summed E-state index contributed by atoms with van der Waals surface area (Å²) in [5, 5.41) is 11.3. The fraction of sp³-hybridized carbons (Fsp3) is 0.462. The summed E-state index contributed by atoms with van der Waals surface area (Å²) in [6.07, 6.45) is 2.23. The van der Waals surface area contributed by atoms with E-state index in [2.05, 4.69) is 5.16 Å². The van der Waals surface area contributed by atoms with Gasteiger partial charge in [-0.3, -0.25) is 0 Å². The minimum Gasteiger partial charge on any atom is -0.409 e. The molecule has 0 bridgehead atoms. The first kappa shape index (κ1) is 13.6. The maximum atomic E-state index is 14.0. The van der Waals surface area contributed by atoms with E-state index >= 15 is 0 Å². The first-order valence-corrected chi connectivity index (χ1v) is 6.28. The van der Waals surface area contributed by atoms with Crippen molar-refractivity contribution in [3.05, 3.63) is 29.3 Å². The van der Waals surface area contributed by atoms with E-state index in [1.54, 1.807) is 4.90 Å². The number of hydrogen-bond acceptors (Lipinski definition) is 3. The molecular weight excluding hydrogens is 252 g/mol. The van der Waals surface area contributed by atoms with E-state index < -0.39 is 11.6 Å². The normalized spacial score (nSPS) is 15.6. The molecule has 6 heteroatoms. The average Bonchev–Trinajstić information content (AvgIpc) is 3.19. The lowest BCUT2D eigenvalue weighted by molar-refractivity contribution is 0.318. The summed E-state index contributed by atoms with van der Waals surface area (Å²) < 4.78 is 28.1. The Morgan fingerprint density at radius 2 is 2.00 bits per heavy atom. The lowest BCUT2D eigenvalue weighted by Gasteiger charge is -2.24. The van der Waals surface area contributed by atoms with Gasteiger partial charge in [-0.1, -0.05) is 5.16 Å². The molecule has 0 aromatic heterocycles. The Hall–Kier alpha value is -1.85. The van der Waals surface area contributed by atoms with Gasteiger partial charge in [0.1, 0.15) is 17.3 Å². The Balaban J connectivity index is 2.34. The van der Waals surface area contributed by atoms with Crippen molar-refractivity contribution in [2.24, 2.45) is 16.8 Å². The molecule has 1 aromatic rings. The lowest BCUT2D eigenvalue weighted by atomic mass is 10.1. The first-order chi connectivity index (χ1) is 9.06. The van der Waals surface area contributed by atoms with Gasteiger partial charge in [-0.15, -0.1) is 0 Å². The third-order valence-corrected chi connectivity index (χ3v) is 3.29. The van der Waals surface area contributed by atoms with Crippen LogP contribution in [-0.4, -0.2) is 24.1 Å². The molecule has 1 aliphatic rings. The summed E-state index contributed by atoms with van der Waals surface area (Å²) in [5.74, 6) is -1.16. The Morgan fingerprint density at radius 3 is 2.42 bits per heavy atom. The zero-order chi connectivity index (χ0) is 14.0. The number of anilines is 1. The molecule has 1 saturated carbocycles. The Labute approximate surface area is 110 Å². The average molecular weight is 269 g/mol. The number of hydrogen-bond donors (Lipinski definition) is 2. The van der Waals surface area contributed by atoms with Crippen molar-refractivity contribution in [1.29, 1.82) is 0 Å². The molecular formula is C13H17F2N3O. The van der Waals surface area contributed by atoms with Gasteiger partial charge < -0.3 is 15.8 Å². The maximum absolute atomic E-state index is 14.0. The van der Waals surface area contributed by atoms with Gasteiger partial charge in [-0.05, 0) is 37.8 Å². The predicted molar refractivity (Wildman–Crippen MR) is 69.5 cm³/mol. The van der Waals surface area contributed by atoms with Gasteiger partial charge in [0.25, 0.3) is 0 Å². The molecule has 0 heterocycles. The largest absolute Gasteiger partial charge is 0.409 e. The SMILES string of the molecule is CCN(CC1CC1)c1c(F)cc(C(N)=NO)cc1F. The van der Waals surface area contributed by atoms with E-state index in [0.29, 0.717) is 19.0 Å². The zero-order valence-electron chi connectivity index (χ0n) is 10.7. The molecule has 1 fully saturated rings. The van der Waals surface area contributed by atoms with Gasteiger partial charge >= 0.3 is 0 Å². The molecule has 19 heavy (non-hydrogen) atoms. The minimum absolute atomic E-state index is 0.0312. The van der Waals surface area contributed by atoms with E-state index in [4.69, 9.17) is 10.9 Å². The number of rotatable bonds is 5. The van der Waals surface area contributed by atoms with Crippen LogP contribution in [0.3, 0.4) is 0 Å². The van der Waals surface area contributed by atoms with E-state index in [9.17, 15) is 8.78 Å². The van der Waals surface area contributed by atoms with Crippen molar-refractivity contribution in [1.82, 2.24) is 0 Å². The highest BCUT2D eigenvalue weighted by atomic mass is 19.1. The van der Waals surface area contributed by atoms with E-state index in [0.717, 1.165) is 25.0 Å². The van der Waals surface area contributed by atoms with Crippen molar-refractivity contribution in [3.63, 3.8) is 0 Å². The molecule has 0 amide bonds. The summed E-state index contributed by atoms with van der Waals surface area (Å²) >= 11 is 0. The molecule has 4 nitrogen and oxygen atoms in total. The zero-order valence-corrected chi connectivity index (χ0v) is 10.7. The number of benzene rings is 1. The van der Waals surface area contributed by atoms with Gasteiger partial charge in [-0.2, -0.15) is 0 Å². The number of oxime groups is 1. The second-order valence-electron chi connectivity index (χ2n) is 4.76. The highest BCUT2D eigenvalue weighted by molar-refractivity contribution is 5.97. The second kappa shape index (κ2) is 5.42. The molecule has 0 atom stereocenters. The van der Waals surface area contributed by atoms with Crippen LogP contribution in [-0.2, 0) is 0 Å². The van der Waals surface area contributed by atoms with Crippen molar-refractivity contribution in [3.8, 4) is 0 Å². The molecule has 0 radical (unpaired) electrons. The summed E-state index contributed by atoms with van der Waals surface area (Å²) in [6.45, 7) is 3.05. The van der Waals surface area contributed by atoms with Gasteiger partial charge in [0.05, 0.1) is 0 Å². The summed E-state index contributed by atoms with van der Waals surface area (Å²) in [7, 11) is 0. The summed E-state index contributed by atoms with van der Waals surface area (Å²) in [4.78, 5) is 1.69. The first-order valence-electron chi connectivity index (χ1n) is 6.28. The molecule has 0 unspecified atom stereocenters. The van der Waals surface area contributed by atoms with E-state index in [1.807, 2.05) is 6.92 Å². The Kier molecular flexibility index (Phi) is 3.87. The van der Waals surface area contributed by atoms with Crippen LogP contribution in [0.1, 0.15) is 25.3 Å². The number of halogens is 2. The molecule has 3 N–H and O–H groups in total. The van der Waals surface area contributed by atoms with E-state index in [1.165, 1.54) is 0 Å². The van der Waals surface area contributed by atoms with Crippen molar-refractivity contribution >= 4 is 11.5 Å². The van der Waals surface area contributed by atoms with Crippen LogP contribution in [0.25, 0.3) is 0 Å². The molecule has 104 valence electrons. The quantitative estimate of drug-likeness (QED) is 0.373. The molecule has 0 aliphatic heterocycles. The van der Waals surface area contributed by atoms with Crippen LogP contribution >= 0.6 is 0 Å². The van der Waals surface area contributed by atoms with Crippen molar-refractivity contribution in [2.75, 3.05) is 18.0 Å². The van der Waals surface area contributed by atoms with Gasteiger partial charge in [-0.25, -0.2) is 8.78 Å². The predicted octanol–water partition coefficient (Wildman–Crippen LogP) is 2.30. The number of amidine groups is 1. The van der Waals surface area contributed by atoms with Crippen LogP contribution in [0.4, 0.5) is 14.5 Å². The van der Waals surface area contributed by atoms with E-state index in [-0.39, 0.29) is 17.1 Å². The number of nitrogens with zero attached hydrogens (tertiary/aromatic N) is 2. The smallest absolute Gasteiger partial charge is 0.170 e. The van der Waals surface area contributed by atoms with Crippen LogP contribution in [0.5, 0.6) is 0 Å². The topological polar surface area (TPSA) is 61.8 Å². The fourth-order valence-electron chi connectivity index (χ4n) is 2.06. The second-order valence-corrected chi connectivity index (χ2v) is 4.76. The van der Waals surface area contributed by atoms with Gasteiger partial charge in [0, 0.05) is 18.7 Å².